The number of hydrogen-bond donors (Lipinski definition) is 0. The van der Waals surface area contributed by atoms with E-state index < -0.39 is 0 Å². The molecule has 0 radical (unpaired) electrons. The first-order valence-corrected chi connectivity index (χ1v) is 10.3. The predicted molar refractivity (Wildman–Crippen MR) is 117 cm³/mol. The summed E-state index contributed by atoms with van der Waals surface area (Å²) in [7, 11) is 0. The molecule has 3 aromatic carbocycles. The van der Waals surface area contributed by atoms with Crippen LogP contribution in [-0.4, -0.2) is 10.9 Å². The Kier molecular flexibility index (Phi) is 5.41. The van der Waals surface area contributed by atoms with E-state index in [0.29, 0.717) is 17.2 Å². The second kappa shape index (κ2) is 8.13. The summed E-state index contributed by atoms with van der Waals surface area (Å²) in [5.74, 6) is -0.333. The molecule has 0 bridgehead atoms. The number of thiazole rings is 1. The van der Waals surface area contributed by atoms with Crippen molar-refractivity contribution in [2.75, 3.05) is 4.90 Å². The first-order chi connectivity index (χ1) is 14.0. The Morgan fingerprint density at radius 2 is 1.76 bits per heavy atom. The average molecular weight is 405 g/mol. The van der Waals surface area contributed by atoms with Gasteiger partial charge in [0.25, 0.3) is 0 Å². The molecule has 0 saturated heterocycles. The lowest BCUT2D eigenvalue weighted by atomic mass is 10.0. The molecule has 0 saturated carbocycles. The number of nitrogens with zero attached hydrogens (tertiary/aromatic N) is 2. The smallest absolute Gasteiger partial charge is 0.233 e. The Balaban J connectivity index is 1.68. The zero-order chi connectivity index (χ0) is 20.4. The molecule has 146 valence electrons. The highest BCUT2D eigenvalue weighted by Crippen LogP contribution is 2.31. The number of rotatable bonds is 5. The second-order valence-corrected chi connectivity index (χ2v) is 8.18. The van der Waals surface area contributed by atoms with Gasteiger partial charge >= 0.3 is 0 Å². The first kappa shape index (κ1) is 19.3. The standard InChI is InChI=1S/C24H21FN2OS/c1-16-8-9-19(12-17(16)2)13-23(28)27(15-18-6-4-3-5-7-18)24-26-21-11-10-20(25)14-22(21)29-24/h3-12,14H,13,15H2,1-2H3. The van der Waals surface area contributed by atoms with Crippen LogP contribution in [0.15, 0.2) is 66.7 Å². The number of anilines is 1. The number of aryl methyl sites for hydroxylation is 2. The van der Waals surface area contributed by atoms with E-state index in [0.717, 1.165) is 15.8 Å². The molecule has 0 fully saturated rings. The van der Waals surface area contributed by atoms with E-state index in [4.69, 9.17) is 0 Å². The van der Waals surface area contributed by atoms with E-state index in [1.165, 1.54) is 34.6 Å². The SMILES string of the molecule is Cc1ccc(CC(=O)N(Cc2ccccc2)c2nc3ccc(F)cc3s2)cc1C. The molecule has 0 atom stereocenters. The lowest BCUT2D eigenvalue weighted by molar-refractivity contribution is -0.118. The van der Waals surface area contributed by atoms with Crippen LogP contribution < -0.4 is 4.90 Å². The van der Waals surface area contributed by atoms with Crippen molar-refractivity contribution in [3.63, 3.8) is 0 Å². The Morgan fingerprint density at radius 3 is 2.52 bits per heavy atom. The molecule has 0 aliphatic heterocycles. The Bertz CT molecular complexity index is 1170. The van der Waals surface area contributed by atoms with Gasteiger partial charge in [-0.05, 0) is 54.3 Å². The number of amides is 1. The van der Waals surface area contributed by atoms with Crippen LogP contribution in [0.5, 0.6) is 0 Å². The Hall–Kier alpha value is -3.05. The van der Waals surface area contributed by atoms with Crippen molar-refractivity contribution in [1.82, 2.24) is 4.98 Å². The fraction of sp³-hybridized carbons (Fsp3) is 0.167. The molecule has 1 aromatic heterocycles. The van der Waals surface area contributed by atoms with Crippen molar-refractivity contribution < 1.29 is 9.18 Å². The Morgan fingerprint density at radius 1 is 0.966 bits per heavy atom. The maximum Gasteiger partial charge on any atom is 0.233 e. The quantitative estimate of drug-likeness (QED) is 0.419. The zero-order valence-electron chi connectivity index (χ0n) is 16.4. The minimum absolute atomic E-state index is 0.0309. The molecule has 4 aromatic rings. The topological polar surface area (TPSA) is 33.2 Å². The van der Waals surface area contributed by atoms with Crippen molar-refractivity contribution in [3.8, 4) is 0 Å². The molecule has 1 amide bonds. The van der Waals surface area contributed by atoms with Gasteiger partial charge in [-0.3, -0.25) is 9.69 Å². The number of halogens is 1. The molecule has 1 heterocycles. The van der Waals surface area contributed by atoms with Crippen molar-refractivity contribution in [1.29, 1.82) is 0 Å². The van der Waals surface area contributed by atoms with Crippen LogP contribution >= 0.6 is 11.3 Å². The number of carbonyl (C=O) groups excluding carboxylic acids is 1. The summed E-state index contributed by atoms with van der Waals surface area (Å²) < 4.78 is 14.3. The molecule has 3 nitrogen and oxygen atoms in total. The normalized spacial score (nSPS) is 11.0. The lowest BCUT2D eigenvalue weighted by Gasteiger charge is -2.20. The van der Waals surface area contributed by atoms with E-state index in [9.17, 15) is 9.18 Å². The summed E-state index contributed by atoms with van der Waals surface area (Å²) in [5.41, 5.74) is 5.06. The molecule has 4 rings (SSSR count). The highest BCUT2D eigenvalue weighted by Gasteiger charge is 2.21. The molecule has 0 aliphatic carbocycles. The number of fused-ring (bicyclic) bond motifs is 1. The third kappa shape index (κ3) is 4.35. The fourth-order valence-electron chi connectivity index (χ4n) is 3.21. The molecule has 29 heavy (non-hydrogen) atoms. The van der Waals surface area contributed by atoms with Gasteiger partial charge in [0.1, 0.15) is 5.82 Å². The van der Waals surface area contributed by atoms with Crippen molar-refractivity contribution in [3.05, 3.63) is 94.8 Å². The highest BCUT2D eigenvalue weighted by molar-refractivity contribution is 7.22. The van der Waals surface area contributed by atoms with E-state index >= 15 is 0 Å². The van der Waals surface area contributed by atoms with Gasteiger partial charge in [0.2, 0.25) is 5.91 Å². The maximum atomic E-state index is 13.6. The lowest BCUT2D eigenvalue weighted by Crippen LogP contribution is -2.31. The molecule has 0 spiro atoms. The summed E-state index contributed by atoms with van der Waals surface area (Å²) in [4.78, 5) is 19.6. The van der Waals surface area contributed by atoms with Crippen LogP contribution in [0.2, 0.25) is 0 Å². The number of carbonyl (C=O) groups is 1. The third-order valence-electron chi connectivity index (χ3n) is 4.98. The summed E-state index contributed by atoms with van der Waals surface area (Å²) in [6.45, 7) is 4.53. The summed E-state index contributed by atoms with van der Waals surface area (Å²) in [6, 6.07) is 20.4. The van der Waals surface area contributed by atoms with E-state index in [-0.39, 0.29) is 18.1 Å². The van der Waals surface area contributed by atoms with Gasteiger partial charge in [-0.15, -0.1) is 0 Å². The summed E-state index contributed by atoms with van der Waals surface area (Å²) in [6.07, 6.45) is 0.290. The van der Waals surface area contributed by atoms with Gasteiger partial charge in [-0.2, -0.15) is 0 Å². The largest absolute Gasteiger partial charge is 0.283 e. The fourth-order valence-corrected chi connectivity index (χ4v) is 4.22. The van der Waals surface area contributed by atoms with Crippen LogP contribution in [0, 0.1) is 19.7 Å². The molecule has 0 N–H and O–H groups in total. The average Bonchev–Trinajstić information content (AvgIpc) is 3.12. The first-order valence-electron chi connectivity index (χ1n) is 9.46. The van der Waals surface area contributed by atoms with E-state index in [1.807, 2.05) is 49.4 Å². The van der Waals surface area contributed by atoms with Crippen molar-refractivity contribution in [2.24, 2.45) is 0 Å². The van der Waals surface area contributed by atoms with Crippen molar-refractivity contribution >= 4 is 32.6 Å². The minimum Gasteiger partial charge on any atom is -0.283 e. The number of hydrogen-bond acceptors (Lipinski definition) is 3. The molecule has 5 heteroatoms. The zero-order valence-corrected chi connectivity index (χ0v) is 17.2. The van der Waals surface area contributed by atoms with Crippen LogP contribution in [-0.2, 0) is 17.8 Å². The number of aromatic nitrogens is 1. The van der Waals surface area contributed by atoms with E-state index in [2.05, 4.69) is 18.0 Å². The van der Waals surface area contributed by atoms with Crippen LogP contribution in [0.3, 0.4) is 0 Å². The predicted octanol–water partition coefficient (Wildman–Crippen LogP) is 5.83. The summed E-state index contributed by atoms with van der Waals surface area (Å²) >= 11 is 1.34. The third-order valence-corrected chi connectivity index (χ3v) is 6.02. The monoisotopic (exact) mass is 404 g/mol. The summed E-state index contributed by atoms with van der Waals surface area (Å²) in [5, 5.41) is 0.586. The van der Waals surface area contributed by atoms with Gasteiger partial charge < -0.3 is 0 Å². The molecule has 0 aliphatic rings. The van der Waals surface area contributed by atoms with Gasteiger partial charge in [0.15, 0.2) is 5.13 Å². The Labute approximate surface area is 173 Å². The molecular weight excluding hydrogens is 383 g/mol. The maximum absolute atomic E-state index is 13.6. The van der Waals surface area contributed by atoms with Crippen LogP contribution in [0.4, 0.5) is 9.52 Å². The van der Waals surface area contributed by atoms with Crippen LogP contribution in [0.25, 0.3) is 10.2 Å². The van der Waals surface area contributed by atoms with Gasteiger partial charge in [0.05, 0.1) is 23.2 Å². The molecule has 0 unspecified atom stereocenters. The minimum atomic E-state index is -0.302. The second-order valence-electron chi connectivity index (χ2n) is 7.17. The number of benzene rings is 3. The van der Waals surface area contributed by atoms with Crippen molar-refractivity contribution in [2.45, 2.75) is 26.8 Å². The van der Waals surface area contributed by atoms with Gasteiger partial charge in [-0.25, -0.2) is 9.37 Å². The van der Waals surface area contributed by atoms with E-state index in [1.54, 1.807) is 11.0 Å². The van der Waals surface area contributed by atoms with Gasteiger partial charge in [-0.1, -0.05) is 59.9 Å². The van der Waals surface area contributed by atoms with Crippen LogP contribution in [0.1, 0.15) is 22.3 Å². The molecular formula is C24H21FN2OS. The van der Waals surface area contributed by atoms with Gasteiger partial charge in [0, 0.05) is 0 Å². The highest BCUT2D eigenvalue weighted by atomic mass is 32.1.